The molecule has 0 fully saturated rings. The van der Waals surface area contributed by atoms with Crippen molar-refractivity contribution in [1.29, 1.82) is 0 Å². The number of aryl methyl sites for hydroxylation is 1. The van der Waals surface area contributed by atoms with Gasteiger partial charge in [0.25, 0.3) is 0 Å². The minimum atomic E-state index is -0.294. The fraction of sp³-hybridized carbons (Fsp3) is 0.118. The Hall–Kier alpha value is -2.35. The molecule has 0 bridgehead atoms. The van der Waals surface area contributed by atoms with Crippen LogP contribution in [-0.2, 0) is 4.74 Å². The third kappa shape index (κ3) is 1.95. The molecule has 2 heteroatoms. The van der Waals surface area contributed by atoms with Gasteiger partial charge in [-0.25, -0.2) is 4.79 Å². The molecular weight excluding hydrogens is 236 g/mol. The van der Waals surface area contributed by atoms with Gasteiger partial charge in [0.05, 0.1) is 12.7 Å². The smallest absolute Gasteiger partial charge is 0.338 e. The third-order valence-electron chi connectivity index (χ3n) is 3.40. The van der Waals surface area contributed by atoms with Crippen molar-refractivity contribution in [2.75, 3.05) is 7.11 Å². The van der Waals surface area contributed by atoms with Gasteiger partial charge in [0.1, 0.15) is 0 Å². The van der Waals surface area contributed by atoms with E-state index in [2.05, 4.69) is 37.3 Å². The molecule has 0 amide bonds. The molecule has 94 valence electrons. The van der Waals surface area contributed by atoms with Crippen molar-refractivity contribution < 1.29 is 9.53 Å². The topological polar surface area (TPSA) is 26.3 Å². The first-order valence-electron chi connectivity index (χ1n) is 6.20. The molecule has 0 spiro atoms. The lowest BCUT2D eigenvalue weighted by Gasteiger charge is -2.07. The van der Waals surface area contributed by atoms with Gasteiger partial charge in [-0.2, -0.15) is 0 Å². The van der Waals surface area contributed by atoms with E-state index < -0.39 is 0 Å². The largest absolute Gasteiger partial charge is 0.465 e. The highest BCUT2D eigenvalue weighted by atomic mass is 16.5. The van der Waals surface area contributed by atoms with Crippen molar-refractivity contribution in [2.45, 2.75) is 6.92 Å². The number of ether oxygens (including phenoxy) is 1. The average molecular weight is 250 g/mol. The fourth-order valence-corrected chi connectivity index (χ4v) is 2.43. The van der Waals surface area contributed by atoms with Gasteiger partial charge in [-0.1, -0.05) is 35.9 Å². The number of hydrogen-bond donors (Lipinski definition) is 0. The number of rotatable bonds is 1. The summed E-state index contributed by atoms with van der Waals surface area (Å²) < 4.78 is 4.84. The molecule has 0 aliphatic rings. The summed E-state index contributed by atoms with van der Waals surface area (Å²) in [5.74, 6) is -0.294. The molecule has 3 aromatic carbocycles. The molecule has 0 aliphatic heterocycles. The SMILES string of the molecule is COC(=O)c1cccc2cc3ccc(C)cc3cc12. The monoisotopic (exact) mass is 250 g/mol. The van der Waals surface area contributed by atoms with Gasteiger partial charge in [-0.3, -0.25) is 0 Å². The molecule has 0 saturated heterocycles. The summed E-state index contributed by atoms with van der Waals surface area (Å²) in [7, 11) is 1.41. The molecule has 0 aromatic heterocycles. The van der Waals surface area contributed by atoms with Gasteiger partial charge < -0.3 is 4.74 Å². The molecule has 0 aliphatic carbocycles. The Morgan fingerprint density at radius 3 is 2.58 bits per heavy atom. The standard InChI is InChI=1S/C17H14O2/c1-11-6-7-12-9-13-4-3-5-15(17(18)19-2)16(13)10-14(12)8-11/h3-10H,1-2H3. The van der Waals surface area contributed by atoms with E-state index in [4.69, 9.17) is 4.74 Å². The van der Waals surface area contributed by atoms with Crippen molar-refractivity contribution in [3.8, 4) is 0 Å². The number of benzene rings is 3. The number of carbonyl (C=O) groups excluding carboxylic acids is 1. The van der Waals surface area contributed by atoms with Crippen LogP contribution in [0.1, 0.15) is 15.9 Å². The van der Waals surface area contributed by atoms with Gasteiger partial charge in [-0.05, 0) is 46.7 Å². The van der Waals surface area contributed by atoms with E-state index in [9.17, 15) is 4.79 Å². The van der Waals surface area contributed by atoms with E-state index in [0.29, 0.717) is 5.56 Å². The third-order valence-corrected chi connectivity index (χ3v) is 3.40. The van der Waals surface area contributed by atoms with E-state index in [1.54, 1.807) is 6.07 Å². The fourth-order valence-electron chi connectivity index (χ4n) is 2.43. The minimum Gasteiger partial charge on any atom is -0.465 e. The number of carbonyl (C=O) groups is 1. The van der Waals surface area contributed by atoms with Gasteiger partial charge >= 0.3 is 5.97 Å². The molecule has 2 nitrogen and oxygen atoms in total. The Labute approximate surface area is 111 Å². The number of hydrogen-bond acceptors (Lipinski definition) is 2. The predicted molar refractivity (Wildman–Crippen MR) is 77.5 cm³/mol. The summed E-state index contributed by atoms with van der Waals surface area (Å²) in [6, 6.07) is 16.2. The average Bonchev–Trinajstić information content (AvgIpc) is 2.43. The Kier molecular flexibility index (Phi) is 2.71. The zero-order valence-electron chi connectivity index (χ0n) is 10.9. The van der Waals surface area contributed by atoms with Gasteiger partial charge in [0, 0.05) is 0 Å². The van der Waals surface area contributed by atoms with Gasteiger partial charge in [0.2, 0.25) is 0 Å². The summed E-state index contributed by atoms with van der Waals surface area (Å²) in [6.07, 6.45) is 0. The quantitative estimate of drug-likeness (QED) is 0.480. The van der Waals surface area contributed by atoms with Crippen molar-refractivity contribution in [2.24, 2.45) is 0 Å². The van der Waals surface area contributed by atoms with E-state index in [1.165, 1.54) is 18.1 Å². The second-order valence-corrected chi connectivity index (χ2v) is 4.72. The maximum Gasteiger partial charge on any atom is 0.338 e. The van der Waals surface area contributed by atoms with Crippen LogP contribution in [0.5, 0.6) is 0 Å². The lowest BCUT2D eigenvalue weighted by molar-refractivity contribution is 0.0603. The molecule has 19 heavy (non-hydrogen) atoms. The molecule has 0 unspecified atom stereocenters. The highest BCUT2D eigenvalue weighted by Gasteiger charge is 2.10. The normalized spacial score (nSPS) is 10.8. The van der Waals surface area contributed by atoms with Crippen LogP contribution in [0.15, 0.2) is 48.5 Å². The zero-order valence-corrected chi connectivity index (χ0v) is 10.9. The van der Waals surface area contributed by atoms with E-state index >= 15 is 0 Å². The van der Waals surface area contributed by atoms with Crippen LogP contribution in [-0.4, -0.2) is 13.1 Å². The van der Waals surface area contributed by atoms with Crippen LogP contribution in [0.25, 0.3) is 21.5 Å². The minimum absolute atomic E-state index is 0.294. The van der Waals surface area contributed by atoms with Crippen LogP contribution in [0.2, 0.25) is 0 Å². The highest BCUT2D eigenvalue weighted by molar-refractivity contribution is 6.08. The zero-order chi connectivity index (χ0) is 13.4. The summed E-state index contributed by atoms with van der Waals surface area (Å²) in [5.41, 5.74) is 1.82. The lowest BCUT2D eigenvalue weighted by atomic mass is 9.99. The second-order valence-electron chi connectivity index (χ2n) is 4.72. The predicted octanol–water partition coefficient (Wildman–Crippen LogP) is 4.09. The van der Waals surface area contributed by atoms with Crippen LogP contribution >= 0.6 is 0 Å². The number of fused-ring (bicyclic) bond motifs is 2. The van der Waals surface area contributed by atoms with Crippen molar-refractivity contribution in [3.05, 3.63) is 59.7 Å². The highest BCUT2D eigenvalue weighted by Crippen LogP contribution is 2.26. The maximum atomic E-state index is 11.8. The Bertz CT molecular complexity index is 788. The summed E-state index contributed by atoms with van der Waals surface area (Å²) in [6.45, 7) is 2.07. The summed E-state index contributed by atoms with van der Waals surface area (Å²) in [5, 5.41) is 4.32. The first-order chi connectivity index (χ1) is 9.19. The molecule has 0 atom stereocenters. The Morgan fingerprint density at radius 2 is 1.79 bits per heavy atom. The summed E-state index contributed by atoms with van der Waals surface area (Å²) >= 11 is 0. The Morgan fingerprint density at radius 1 is 0.947 bits per heavy atom. The molecule has 3 aromatic rings. The second kappa shape index (κ2) is 4.39. The van der Waals surface area contributed by atoms with Crippen molar-refractivity contribution >= 4 is 27.5 Å². The molecule has 0 radical (unpaired) electrons. The Balaban J connectivity index is 2.39. The molecule has 0 heterocycles. The van der Waals surface area contributed by atoms with E-state index in [-0.39, 0.29) is 5.97 Å². The first-order valence-corrected chi connectivity index (χ1v) is 6.20. The van der Waals surface area contributed by atoms with Crippen molar-refractivity contribution in [1.82, 2.24) is 0 Å². The maximum absolute atomic E-state index is 11.8. The van der Waals surface area contributed by atoms with Crippen LogP contribution in [0.4, 0.5) is 0 Å². The number of methoxy groups -OCH3 is 1. The van der Waals surface area contributed by atoms with Crippen LogP contribution in [0, 0.1) is 6.92 Å². The molecule has 0 saturated carbocycles. The van der Waals surface area contributed by atoms with Crippen molar-refractivity contribution in [3.63, 3.8) is 0 Å². The summed E-state index contributed by atoms with van der Waals surface area (Å²) in [4.78, 5) is 11.8. The van der Waals surface area contributed by atoms with Gasteiger partial charge in [0.15, 0.2) is 0 Å². The van der Waals surface area contributed by atoms with E-state index in [1.807, 2.05) is 12.1 Å². The first kappa shape index (κ1) is 11.7. The molecule has 0 N–H and O–H groups in total. The van der Waals surface area contributed by atoms with Crippen LogP contribution in [0.3, 0.4) is 0 Å². The molecular formula is C17H14O2. The lowest BCUT2D eigenvalue weighted by Crippen LogP contribution is -2.01. The van der Waals surface area contributed by atoms with Gasteiger partial charge in [-0.15, -0.1) is 0 Å². The van der Waals surface area contributed by atoms with E-state index in [0.717, 1.165) is 16.2 Å². The number of esters is 1. The molecule has 3 rings (SSSR count). The van der Waals surface area contributed by atoms with Crippen LogP contribution < -0.4 is 0 Å².